The van der Waals surface area contributed by atoms with Crippen LogP contribution in [0, 0.1) is 5.92 Å². The summed E-state index contributed by atoms with van der Waals surface area (Å²) in [4.78, 5) is 27.3. The van der Waals surface area contributed by atoms with Crippen LogP contribution in [0.3, 0.4) is 0 Å². The van der Waals surface area contributed by atoms with Gasteiger partial charge in [0.1, 0.15) is 11.5 Å². The number of furan rings is 1. The molecule has 3 rings (SSSR count). The Morgan fingerprint density at radius 3 is 2.66 bits per heavy atom. The summed E-state index contributed by atoms with van der Waals surface area (Å²) in [7, 11) is 4.74. The standard InChI is InChI=1S/C21H26N2O6/c1-26-10-8-22-20(24)17-13-23(21(25)18-5-4-9-29-18)12-16(17)15-7-6-14(27-2)11-19(15)28-3/h4-7,9,11,16-17H,8,10,12-13H2,1-3H3,(H,22,24)/t16-,17-/m0/s1. The molecule has 1 fully saturated rings. The van der Waals surface area contributed by atoms with E-state index >= 15 is 0 Å². The van der Waals surface area contributed by atoms with Crippen molar-refractivity contribution < 1.29 is 28.2 Å². The molecule has 1 N–H and O–H groups in total. The molecule has 0 unspecified atom stereocenters. The van der Waals surface area contributed by atoms with Crippen LogP contribution in [0.15, 0.2) is 41.0 Å². The van der Waals surface area contributed by atoms with Crippen molar-refractivity contribution in [3.05, 3.63) is 47.9 Å². The zero-order valence-corrected chi connectivity index (χ0v) is 16.8. The fraction of sp³-hybridized carbons (Fsp3) is 0.429. The summed E-state index contributed by atoms with van der Waals surface area (Å²) in [6, 6.07) is 8.79. The van der Waals surface area contributed by atoms with Crippen LogP contribution >= 0.6 is 0 Å². The van der Waals surface area contributed by atoms with Gasteiger partial charge in [0.25, 0.3) is 5.91 Å². The van der Waals surface area contributed by atoms with Crippen molar-refractivity contribution in [1.29, 1.82) is 0 Å². The van der Waals surface area contributed by atoms with Gasteiger partial charge < -0.3 is 28.8 Å². The number of nitrogens with zero attached hydrogens (tertiary/aromatic N) is 1. The fourth-order valence-corrected chi connectivity index (χ4v) is 3.64. The van der Waals surface area contributed by atoms with E-state index in [-0.39, 0.29) is 30.0 Å². The number of amides is 2. The van der Waals surface area contributed by atoms with Crippen LogP contribution in [0.5, 0.6) is 11.5 Å². The molecule has 1 aliphatic heterocycles. The Balaban J connectivity index is 1.88. The number of benzene rings is 1. The average Bonchev–Trinajstić information content (AvgIpc) is 3.43. The molecule has 2 aromatic rings. The molecule has 2 amide bonds. The number of methoxy groups -OCH3 is 3. The van der Waals surface area contributed by atoms with Gasteiger partial charge in [0.05, 0.1) is 33.0 Å². The second-order valence-corrected chi connectivity index (χ2v) is 6.79. The van der Waals surface area contributed by atoms with Crippen LogP contribution in [0.1, 0.15) is 22.0 Å². The van der Waals surface area contributed by atoms with Crippen LogP contribution in [0.2, 0.25) is 0 Å². The van der Waals surface area contributed by atoms with Gasteiger partial charge in [-0.05, 0) is 18.2 Å². The topological polar surface area (TPSA) is 90.2 Å². The van der Waals surface area contributed by atoms with E-state index in [1.165, 1.54) is 6.26 Å². The molecule has 0 spiro atoms. The maximum Gasteiger partial charge on any atom is 0.289 e. The van der Waals surface area contributed by atoms with Gasteiger partial charge in [-0.15, -0.1) is 0 Å². The quantitative estimate of drug-likeness (QED) is 0.679. The molecule has 0 saturated carbocycles. The van der Waals surface area contributed by atoms with Gasteiger partial charge in [0.15, 0.2) is 5.76 Å². The lowest BCUT2D eigenvalue weighted by atomic mass is 9.87. The minimum atomic E-state index is -0.423. The molecule has 1 aliphatic rings. The van der Waals surface area contributed by atoms with Crippen molar-refractivity contribution in [2.24, 2.45) is 5.92 Å². The summed E-state index contributed by atoms with van der Waals surface area (Å²) in [6.45, 7) is 1.50. The van der Waals surface area contributed by atoms with E-state index in [9.17, 15) is 9.59 Å². The van der Waals surface area contributed by atoms with E-state index in [0.717, 1.165) is 5.56 Å². The van der Waals surface area contributed by atoms with Crippen molar-refractivity contribution >= 4 is 11.8 Å². The number of ether oxygens (including phenoxy) is 3. The van der Waals surface area contributed by atoms with E-state index < -0.39 is 5.92 Å². The Morgan fingerprint density at radius 2 is 2.00 bits per heavy atom. The first-order valence-corrected chi connectivity index (χ1v) is 9.40. The Morgan fingerprint density at radius 1 is 1.17 bits per heavy atom. The van der Waals surface area contributed by atoms with Crippen LogP contribution in [0.4, 0.5) is 0 Å². The molecule has 0 radical (unpaired) electrons. The highest BCUT2D eigenvalue weighted by Gasteiger charge is 2.42. The maximum absolute atomic E-state index is 12.9. The van der Waals surface area contributed by atoms with Gasteiger partial charge in [-0.2, -0.15) is 0 Å². The summed E-state index contributed by atoms with van der Waals surface area (Å²) < 4.78 is 21.1. The molecule has 1 aromatic heterocycles. The molecule has 0 aliphatic carbocycles. The minimum Gasteiger partial charge on any atom is -0.497 e. The van der Waals surface area contributed by atoms with Crippen molar-refractivity contribution in [3.63, 3.8) is 0 Å². The van der Waals surface area contributed by atoms with E-state index in [1.54, 1.807) is 44.4 Å². The first kappa shape index (κ1) is 20.7. The molecule has 8 heteroatoms. The number of nitrogens with one attached hydrogen (secondary N) is 1. The summed E-state index contributed by atoms with van der Waals surface area (Å²) >= 11 is 0. The third-order valence-electron chi connectivity index (χ3n) is 5.12. The molecular weight excluding hydrogens is 376 g/mol. The third kappa shape index (κ3) is 4.54. The van der Waals surface area contributed by atoms with Crippen molar-refractivity contribution in [2.45, 2.75) is 5.92 Å². The summed E-state index contributed by atoms with van der Waals surface area (Å²) in [5, 5.41) is 2.89. The normalized spacial score (nSPS) is 18.5. The van der Waals surface area contributed by atoms with Gasteiger partial charge in [-0.25, -0.2) is 0 Å². The van der Waals surface area contributed by atoms with Crippen LogP contribution in [0.25, 0.3) is 0 Å². The molecule has 1 aromatic carbocycles. The van der Waals surface area contributed by atoms with Gasteiger partial charge in [0.2, 0.25) is 5.91 Å². The van der Waals surface area contributed by atoms with Crippen LogP contribution in [-0.4, -0.2) is 64.3 Å². The predicted molar refractivity (Wildman–Crippen MR) is 105 cm³/mol. The smallest absolute Gasteiger partial charge is 0.289 e. The van der Waals surface area contributed by atoms with Crippen molar-refractivity contribution in [2.75, 3.05) is 47.6 Å². The number of carbonyl (C=O) groups excluding carboxylic acids is 2. The van der Waals surface area contributed by atoms with E-state index in [2.05, 4.69) is 5.32 Å². The highest BCUT2D eigenvalue weighted by molar-refractivity contribution is 5.92. The average molecular weight is 402 g/mol. The Labute approximate surface area is 169 Å². The zero-order valence-electron chi connectivity index (χ0n) is 16.8. The Bertz CT molecular complexity index is 836. The van der Waals surface area contributed by atoms with Gasteiger partial charge in [0, 0.05) is 44.3 Å². The number of hydrogen-bond acceptors (Lipinski definition) is 6. The Kier molecular flexibility index (Phi) is 6.77. The summed E-state index contributed by atoms with van der Waals surface area (Å²) in [5.41, 5.74) is 0.856. The van der Waals surface area contributed by atoms with E-state index in [1.807, 2.05) is 12.1 Å². The van der Waals surface area contributed by atoms with Crippen molar-refractivity contribution in [1.82, 2.24) is 10.2 Å². The number of likely N-dealkylation sites (tertiary alicyclic amines) is 1. The molecule has 1 saturated heterocycles. The Hall–Kier alpha value is -3.00. The van der Waals surface area contributed by atoms with Crippen molar-refractivity contribution in [3.8, 4) is 11.5 Å². The van der Waals surface area contributed by atoms with E-state index in [0.29, 0.717) is 31.2 Å². The second kappa shape index (κ2) is 9.47. The highest BCUT2D eigenvalue weighted by atomic mass is 16.5. The monoisotopic (exact) mass is 402 g/mol. The SMILES string of the molecule is COCCNC(=O)[C@H]1CN(C(=O)c2ccco2)C[C@H]1c1ccc(OC)cc1OC. The van der Waals surface area contributed by atoms with Gasteiger partial charge in [-0.1, -0.05) is 6.07 Å². The lowest BCUT2D eigenvalue weighted by Gasteiger charge is -2.20. The first-order chi connectivity index (χ1) is 14.1. The molecular formula is C21H26N2O6. The van der Waals surface area contributed by atoms with E-state index in [4.69, 9.17) is 18.6 Å². The molecule has 2 atom stereocenters. The molecule has 8 nitrogen and oxygen atoms in total. The number of carbonyl (C=O) groups is 2. The highest BCUT2D eigenvalue weighted by Crippen LogP contribution is 2.39. The number of rotatable bonds is 8. The molecule has 156 valence electrons. The molecule has 2 heterocycles. The summed E-state index contributed by atoms with van der Waals surface area (Å²) in [5.74, 6) is 0.528. The largest absolute Gasteiger partial charge is 0.497 e. The van der Waals surface area contributed by atoms with Gasteiger partial charge >= 0.3 is 0 Å². The zero-order chi connectivity index (χ0) is 20.8. The van der Waals surface area contributed by atoms with Crippen LogP contribution < -0.4 is 14.8 Å². The predicted octanol–water partition coefficient (Wildman–Crippen LogP) is 1.92. The molecule has 29 heavy (non-hydrogen) atoms. The lowest BCUT2D eigenvalue weighted by molar-refractivity contribution is -0.125. The minimum absolute atomic E-state index is 0.125. The number of hydrogen-bond donors (Lipinski definition) is 1. The first-order valence-electron chi connectivity index (χ1n) is 9.40. The molecule has 0 bridgehead atoms. The third-order valence-corrected chi connectivity index (χ3v) is 5.12. The second-order valence-electron chi connectivity index (χ2n) is 6.79. The summed E-state index contributed by atoms with van der Waals surface area (Å²) in [6.07, 6.45) is 1.46. The van der Waals surface area contributed by atoms with Gasteiger partial charge in [-0.3, -0.25) is 9.59 Å². The maximum atomic E-state index is 12.9. The van der Waals surface area contributed by atoms with Crippen LogP contribution in [-0.2, 0) is 9.53 Å². The fourth-order valence-electron chi connectivity index (χ4n) is 3.64. The lowest BCUT2D eigenvalue weighted by Crippen LogP contribution is -2.37.